The minimum absolute atomic E-state index is 0.00576. The van der Waals surface area contributed by atoms with E-state index in [4.69, 9.17) is 5.73 Å². The Labute approximate surface area is 127 Å². The van der Waals surface area contributed by atoms with Crippen molar-refractivity contribution in [2.75, 3.05) is 12.8 Å². The fourth-order valence-electron chi connectivity index (χ4n) is 2.07. The Kier molecular flexibility index (Phi) is 4.45. The minimum atomic E-state index is 0.00576. The van der Waals surface area contributed by atoms with Gasteiger partial charge in [0, 0.05) is 29.3 Å². The maximum Gasteiger partial charge on any atom is 0.254 e. The number of carbonyl (C=O) groups excluding carboxylic acids is 1. The molecule has 0 aromatic heterocycles. The zero-order valence-corrected chi connectivity index (χ0v) is 13.1. The first-order valence-electron chi connectivity index (χ1n) is 6.33. The summed E-state index contributed by atoms with van der Waals surface area (Å²) in [7, 11) is 1.80. The molecule has 0 unspecified atom stereocenters. The maximum absolute atomic E-state index is 12.5. The van der Waals surface area contributed by atoms with Crippen molar-refractivity contribution in [1.29, 1.82) is 0 Å². The summed E-state index contributed by atoms with van der Waals surface area (Å²) in [4.78, 5) is 14.2. The molecular weight excluding hydrogens is 316 g/mol. The highest BCUT2D eigenvalue weighted by Gasteiger charge is 2.14. The lowest BCUT2D eigenvalue weighted by atomic mass is 10.1. The Morgan fingerprint density at radius 3 is 2.70 bits per heavy atom. The van der Waals surface area contributed by atoms with E-state index in [2.05, 4.69) is 15.9 Å². The highest BCUT2D eigenvalue weighted by Crippen LogP contribution is 2.18. The molecule has 104 valence electrons. The van der Waals surface area contributed by atoms with Crippen molar-refractivity contribution < 1.29 is 4.79 Å². The number of nitrogen functional groups attached to an aromatic ring is 1. The van der Waals surface area contributed by atoms with Gasteiger partial charge in [0.15, 0.2) is 0 Å². The topological polar surface area (TPSA) is 46.3 Å². The Morgan fingerprint density at radius 1 is 1.25 bits per heavy atom. The van der Waals surface area contributed by atoms with Gasteiger partial charge in [0.2, 0.25) is 0 Å². The predicted octanol–water partition coefficient (Wildman–Crippen LogP) is 3.61. The highest BCUT2D eigenvalue weighted by molar-refractivity contribution is 9.10. The van der Waals surface area contributed by atoms with Crippen LogP contribution in [0.25, 0.3) is 0 Å². The molecule has 2 N–H and O–H groups in total. The van der Waals surface area contributed by atoms with Gasteiger partial charge in [-0.15, -0.1) is 0 Å². The Bertz CT molecular complexity index is 640. The van der Waals surface area contributed by atoms with Gasteiger partial charge in [0.25, 0.3) is 5.91 Å². The van der Waals surface area contributed by atoms with E-state index in [0.29, 0.717) is 17.8 Å². The zero-order chi connectivity index (χ0) is 14.7. The summed E-state index contributed by atoms with van der Waals surface area (Å²) in [6.45, 7) is 2.48. The van der Waals surface area contributed by atoms with Crippen LogP contribution < -0.4 is 5.73 Å². The monoisotopic (exact) mass is 332 g/mol. The van der Waals surface area contributed by atoms with Gasteiger partial charge < -0.3 is 10.6 Å². The van der Waals surface area contributed by atoms with Crippen molar-refractivity contribution in [2.24, 2.45) is 0 Å². The van der Waals surface area contributed by atoms with Crippen molar-refractivity contribution >= 4 is 27.5 Å². The Hall–Kier alpha value is -1.81. The van der Waals surface area contributed by atoms with Crippen LogP contribution in [-0.4, -0.2) is 17.9 Å². The van der Waals surface area contributed by atoms with Gasteiger partial charge in [-0.3, -0.25) is 4.79 Å². The van der Waals surface area contributed by atoms with E-state index in [-0.39, 0.29) is 5.91 Å². The van der Waals surface area contributed by atoms with E-state index >= 15 is 0 Å². The summed E-state index contributed by atoms with van der Waals surface area (Å²) in [6.07, 6.45) is 0. The predicted molar refractivity (Wildman–Crippen MR) is 85.5 cm³/mol. The molecule has 0 fully saturated rings. The SMILES string of the molecule is Cc1ccc(Br)cc1C(=O)N(C)Cc1cccc(N)c1. The molecule has 0 aliphatic heterocycles. The summed E-state index contributed by atoms with van der Waals surface area (Å²) >= 11 is 3.40. The zero-order valence-electron chi connectivity index (χ0n) is 11.6. The average Bonchev–Trinajstić information content (AvgIpc) is 2.40. The number of hydrogen-bond donors (Lipinski definition) is 1. The van der Waals surface area contributed by atoms with Crippen LogP contribution in [0.2, 0.25) is 0 Å². The first kappa shape index (κ1) is 14.6. The number of hydrogen-bond acceptors (Lipinski definition) is 2. The smallest absolute Gasteiger partial charge is 0.254 e. The lowest BCUT2D eigenvalue weighted by Gasteiger charge is -2.19. The quantitative estimate of drug-likeness (QED) is 0.872. The standard InChI is InChI=1S/C16H17BrN2O/c1-11-6-7-13(17)9-15(11)16(20)19(2)10-12-4-3-5-14(18)8-12/h3-9H,10,18H2,1-2H3. The Morgan fingerprint density at radius 2 is 2.00 bits per heavy atom. The maximum atomic E-state index is 12.5. The molecule has 1 amide bonds. The first-order valence-corrected chi connectivity index (χ1v) is 7.12. The second-order valence-corrected chi connectivity index (χ2v) is 5.78. The van der Waals surface area contributed by atoms with Gasteiger partial charge in [0.05, 0.1) is 0 Å². The van der Waals surface area contributed by atoms with Crippen molar-refractivity contribution in [3.05, 3.63) is 63.6 Å². The van der Waals surface area contributed by atoms with E-state index in [0.717, 1.165) is 15.6 Å². The van der Waals surface area contributed by atoms with Gasteiger partial charge in [-0.1, -0.05) is 34.1 Å². The lowest BCUT2D eigenvalue weighted by molar-refractivity contribution is 0.0784. The molecule has 0 saturated heterocycles. The van der Waals surface area contributed by atoms with Crippen LogP contribution in [0.4, 0.5) is 5.69 Å². The van der Waals surface area contributed by atoms with Gasteiger partial charge in [-0.25, -0.2) is 0 Å². The summed E-state index contributed by atoms with van der Waals surface area (Å²) in [6, 6.07) is 13.3. The normalized spacial score (nSPS) is 10.3. The Balaban J connectivity index is 2.18. The third kappa shape index (κ3) is 3.39. The fourth-order valence-corrected chi connectivity index (χ4v) is 2.43. The van der Waals surface area contributed by atoms with Crippen LogP contribution in [0.15, 0.2) is 46.9 Å². The molecule has 0 aliphatic carbocycles. The summed E-state index contributed by atoms with van der Waals surface area (Å²) in [5.41, 5.74) is 9.17. The van der Waals surface area contributed by atoms with Crippen LogP contribution in [-0.2, 0) is 6.54 Å². The molecule has 0 atom stereocenters. The average molecular weight is 333 g/mol. The number of rotatable bonds is 3. The molecule has 20 heavy (non-hydrogen) atoms. The van der Waals surface area contributed by atoms with Crippen LogP contribution in [0, 0.1) is 6.92 Å². The molecule has 2 aromatic rings. The number of nitrogens with zero attached hydrogens (tertiary/aromatic N) is 1. The van der Waals surface area contributed by atoms with Crippen molar-refractivity contribution in [3.8, 4) is 0 Å². The van der Waals surface area contributed by atoms with E-state index in [1.807, 2.05) is 49.4 Å². The summed E-state index contributed by atoms with van der Waals surface area (Å²) in [5.74, 6) is 0.00576. The van der Waals surface area contributed by atoms with Crippen LogP contribution in [0.3, 0.4) is 0 Å². The molecule has 4 heteroatoms. The van der Waals surface area contributed by atoms with E-state index in [1.54, 1.807) is 11.9 Å². The van der Waals surface area contributed by atoms with Gasteiger partial charge in [0.1, 0.15) is 0 Å². The first-order chi connectivity index (χ1) is 9.47. The molecule has 0 aliphatic rings. The number of nitrogens with two attached hydrogens (primary N) is 1. The molecular formula is C16H17BrN2O. The van der Waals surface area contributed by atoms with Crippen LogP contribution >= 0.6 is 15.9 Å². The molecule has 2 rings (SSSR count). The molecule has 2 aromatic carbocycles. The highest BCUT2D eigenvalue weighted by atomic mass is 79.9. The molecule has 0 spiro atoms. The number of aryl methyl sites for hydroxylation is 1. The van der Waals surface area contributed by atoms with Gasteiger partial charge >= 0.3 is 0 Å². The summed E-state index contributed by atoms with van der Waals surface area (Å²) < 4.78 is 0.906. The molecule has 0 saturated carbocycles. The largest absolute Gasteiger partial charge is 0.399 e. The van der Waals surface area contributed by atoms with Gasteiger partial charge in [-0.2, -0.15) is 0 Å². The van der Waals surface area contributed by atoms with Crippen molar-refractivity contribution in [3.63, 3.8) is 0 Å². The summed E-state index contributed by atoms with van der Waals surface area (Å²) in [5, 5.41) is 0. The minimum Gasteiger partial charge on any atom is -0.399 e. The molecule has 0 heterocycles. The second kappa shape index (κ2) is 6.09. The molecule has 3 nitrogen and oxygen atoms in total. The number of halogens is 1. The molecule has 0 bridgehead atoms. The third-order valence-corrected chi connectivity index (χ3v) is 3.64. The van der Waals surface area contributed by atoms with E-state index < -0.39 is 0 Å². The van der Waals surface area contributed by atoms with Crippen molar-refractivity contribution in [2.45, 2.75) is 13.5 Å². The third-order valence-electron chi connectivity index (χ3n) is 3.15. The van der Waals surface area contributed by atoms with Crippen LogP contribution in [0.5, 0.6) is 0 Å². The number of amides is 1. The second-order valence-electron chi connectivity index (χ2n) is 4.87. The van der Waals surface area contributed by atoms with E-state index in [9.17, 15) is 4.79 Å². The van der Waals surface area contributed by atoms with Crippen LogP contribution in [0.1, 0.15) is 21.5 Å². The van der Waals surface area contributed by atoms with Gasteiger partial charge in [-0.05, 0) is 42.3 Å². The lowest BCUT2D eigenvalue weighted by Crippen LogP contribution is -2.26. The van der Waals surface area contributed by atoms with E-state index in [1.165, 1.54) is 0 Å². The molecule has 0 radical (unpaired) electrons. The number of benzene rings is 2. The number of carbonyl (C=O) groups is 1. The van der Waals surface area contributed by atoms with Crippen molar-refractivity contribution in [1.82, 2.24) is 4.90 Å². The fraction of sp³-hybridized carbons (Fsp3) is 0.188. The number of anilines is 1.